The molecule has 10 nitrogen and oxygen atoms in total. The number of rotatable bonds is 3. The molecule has 0 bridgehead atoms. The largest absolute Gasteiger partial charge is 0.337 e. The lowest BCUT2D eigenvalue weighted by Crippen LogP contribution is -2.51. The Hall–Kier alpha value is -2.24. The topological polar surface area (TPSA) is 111 Å². The maximum atomic E-state index is 13.2. The van der Waals surface area contributed by atoms with E-state index < -0.39 is 10.2 Å². The number of carbonyl (C=O) groups excluding carboxylic acids is 1. The predicted molar refractivity (Wildman–Crippen MR) is 109 cm³/mol. The molecule has 5 rings (SSSR count). The first-order valence-electron chi connectivity index (χ1n) is 10.6. The van der Waals surface area contributed by atoms with Gasteiger partial charge in [-0.15, -0.1) is 0 Å². The molecule has 3 aliphatic heterocycles. The molecule has 2 aromatic heterocycles. The highest BCUT2D eigenvalue weighted by molar-refractivity contribution is 7.86. The second-order valence-electron chi connectivity index (χ2n) is 8.32. The minimum Gasteiger partial charge on any atom is -0.337 e. The molecular weight excluding hydrogens is 408 g/mol. The van der Waals surface area contributed by atoms with Crippen LogP contribution in [0.4, 0.5) is 0 Å². The summed E-state index contributed by atoms with van der Waals surface area (Å²) < 4.78 is 30.2. The number of fused-ring (bicyclic) bond motifs is 2. The third-order valence-corrected chi connectivity index (χ3v) is 8.46. The molecule has 1 atom stereocenters. The first kappa shape index (κ1) is 19.7. The van der Waals surface area contributed by atoms with Crippen LogP contribution in [0.5, 0.6) is 0 Å². The van der Waals surface area contributed by atoms with Gasteiger partial charge in [0.05, 0.1) is 23.7 Å². The maximum Gasteiger partial charge on any atom is 0.281 e. The van der Waals surface area contributed by atoms with Crippen LogP contribution < -0.4 is 5.56 Å². The molecule has 0 aliphatic carbocycles. The summed E-state index contributed by atoms with van der Waals surface area (Å²) in [4.78, 5) is 32.2. The van der Waals surface area contributed by atoms with Crippen molar-refractivity contribution in [3.63, 3.8) is 0 Å². The fraction of sp³-hybridized carbons (Fsp3) is 0.632. The van der Waals surface area contributed by atoms with Crippen LogP contribution in [0.25, 0.3) is 5.65 Å². The van der Waals surface area contributed by atoms with Gasteiger partial charge in [-0.25, -0.2) is 9.50 Å². The average Bonchev–Trinajstić information content (AvgIpc) is 3.46. The van der Waals surface area contributed by atoms with Crippen LogP contribution in [0.15, 0.2) is 17.1 Å². The number of H-pyrrole nitrogens is 1. The van der Waals surface area contributed by atoms with Gasteiger partial charge in [-0.3, -0.25) is 14.7 Å². The van der Waals surface area contributed by atoms with E-state index in [2.05, 4.69) is 10.1 Å². The van der Waals surface area contributed by atoms with E-state index in [9.17, 15) is 18.0 Å². The average molecular weight is 435 g/mol. The van der Waals surface area contributed by atoms with Gasteiger partial charge in [-0.1, -0.05) is 0 Å². The first-order chi connectivity index (χ1) is 14.4. The Bertz CT molecular complexity index is 1130. The summed E-state index contributed by atoms with van der Waals surface area (Å²) in [5.74, 6) is -0.444. The molecule has 2 aromatic rings. The van der Waals surface area contributed by atoms with Crippen LogP contribution in [0.1, 0.15) is 36.9 Å². The Morgan fingerprint density at radius 1 is 1.10 bits per heavy atom. The lowest BCUT2D eigenvalue weighted by molar-refractivity contribution is -0.137. The second-order valence-corrected chi connectivity index (χ2v) is 10.2. The molecular formula is C19H26N6O4S. The number of aromatic amines is 1. The Morgan fingerprint density at radius 2 is 1.87 bits per heavy atom. The fourth-order valence-corrected chi connectivity index (χ4v) is 6.57. The molecule has 3 aliphatic rings. The van der Waals surface area contributed by atoms with Gasteiger partial charge >= 0.3 is 0 Å². The summed E-state index contributed by atoms with van der Waals surface area (Å²) >= 11 is 0. The Labute approximate surface area is 174 Å². The molecule has 2 fully saturated rings. The van der Waals surface area contributed by atoms with Crippen LogP contribution in [0.3, 0.4) is 0 Å². The van der Waals surface area contributed by atoms with Crippen molar-refractivity contribution >= 4 is 21.8 Å². The zero-order valence-corrected chi connectivity index (χ0v) is 17.6. The minimum atomic E-state index is -3.50. The molecule has 0 spiro atoms. The molecule has 0 unspecified atom stereocenters. The maximum absolute atomic E-state index is 13.2. The van der Waals surface area contributed by atoms with Crippen molar-refractivity contribution in [1.29, 1.82) is 0 Å². The summed E-state index contributed by atoms with van der Waals surface area (Å²) in [7, 11) is -3.50. The highest BCUT2D eigenvalue weighted by atomic mass is 32.2. The molecule has 1 N–H and O–H groups in total. The molecule has 2 saturated heterocycles. The van der Waals surface area contributed by atoms with E-state index in [-0.39, 0.29) is 30.5 Å². The molecule has 0 saturated carbocycles. The summed E-state index contributed by atoms with van der Waals surface area (Å²) in [6.45, 7) is 2.51. The lowest BCUT2D eigenvalue weighted by atomic mass is 9.96. The number of amides is 1. The van der Waals surface area contributed by atoms with E-state index in [1.807, 2.05) is 0 Å². The van der Waals surface area contributed by atoms with Gasteiger partial charge < -0.3 is 4.90 Å². The Kier molecular flexibility index (Phi) is 4.91. The van der Waals surface area contributed by atoms with Crippen LogP contribution in [-0.4, -0.2) is 75.2 Å². The van der Waals surface area contributed by atoms with E-state index >= 15 is 0 Å². The second kappa shape index (κ2) is 7.47. The quantitative estimate of drug-likeness (QED) is 0.729. The molecule has 0 aromatic carbocycles. The molecule has 11 heteroatoms. The zero-order chi connectivity index (χ0) is 20.9. The zero-order valence-electron chi connectivity index (χ0n) is 16.8. The number of carbonyl (C=O) groups is 1. The van der Waals surface area contributed by atoms with Gasteiger partial charge in [0.1, 0.15) is 0 Å². The highest BCUT2D eigenvalue weighted by Crippen LogP contribution is 2.26. The van der Waals surface area contributed by atoms with Crippen molar-refractivity contribution in [3.05, 3.63) is 33.9 Å². The molecule has 162 valence electrons. The molecule has 1 amide bonds. The van der Waals surface area contributed by atoms with E-state index in [1.54, 1.807) is 17.2 Å². The number of piperidine rings is 1. The summed E-state index contributed by atoms with van der Waals surface area (Å²) in [5.41, 5.74) is 1.67. The van der Waals surface area contributed by atoms with E-state index in [0.29, 0.717) is 56.7 Å². The van der Waals surface area contributed by atoms with E-state index in [4.69, 9.17) is 0 Å². The van der Waals surface area contributed by atoms with Gasteiger partial charge in [0.25, 0.3) is 15.8 Å². The van der Waals surface area contributed by atoms with Crippen molar-refractivity contribution in [2.24, 2.45) is 5.92 Å². The number of aromatic nitrogens is 3. The van der Waals surface area contributed by atoms with Gasteiger partial charge in [0.2, 0.25) is 5.91 Å². The number of nitrogens with one attached hydrogen (secondary N) is 1. The first-order valence-corrected chi connectivity index (χ1v) is 12.0. The van der Waals surface area contributed by atoms with Gasteiger partial charge in [-0.05, 0) is 25.7 Å². The van der Waals surface area contributed by atoms with Crippen molar-refractivity contribution < 1.29 is 13.2 Å². The lowest BCUT2D eigenvalue weighted by Gasteiger charge is -2.37. The van der Waals surface area contributed by atoms with Crippen molar-refractivity contribution in [1.82, 2.24) is 28.1 Å². The standard InChI is InChI=1S/C19H26N6O4S/c26-18(14-4-3-10-24(12-14)30(28,29)23-8-1-2-9-23)22-11-6-16-15(13-22)19(27)25-17(21-16)5-7-20-25/h5,7,14,20H,1-4,6,8-13H2/t14-/m0/s1. The molecule has 0 radical (unpaired) electrons. The van der Waals surface area contributed by atoms with E-state index in [1.165, 1.54) is 13.1 Å². The number of hydrogen-bond acceptors (Lipinski definition) is 5. The normalized spacial score (nSPS) is 23.7. The molecule has 30 heavy (non-hydrogen) atoms. The summed E-state index contributed by atoms with van der Waals surface area (Å²) in [5, 5.41) is 2.85. The van der Waals surface area contributed by atoms with Crippen LogP contribution >= 0.6 is 0 Å². The SMILES string of the molecule is O=C([C@H]1CCCN(S(=O)(=O)N2CCCC2)C1)N1CCc2nc3cc[nH]n3c(=O)c2C1. The minimum absolute atomic E-state index is 0.0713. The van der Waals surface area contributed by atoms with Crippen molar-refractivity contribution in [2.75, 3.05) is 32.7 Å². The van der Waals surface area contributed by atoms with E-state index in [0.717, 1.165) is 18.5 Å². The number of nitrogens with zero attached hydrogens (tertiary/aromatic N) is 5. The number of hydrogen-bond donors (Lipinski definition) is 1. The molecule has 5 heterocycles. The summed E-state index contributed by atoms with van der Waals surface area (Å²) in [6, 6.07) is 1.75. The smallest absolute Gasteiger partial charge is 0.281 e. The Morgan fingerprint density at radius 3 is 2.67 bits per heavy atom. The van der Waals surface area contributed by atoms with Crippen LogP contribution in [-0.2, 0) is 28.0 Å². The fourth-order valence-electron chi connectivity index (χ4n) is 4.80. The Balaban J connectivity index is 1.33. The van der Waals surface area contributed by atoms with Gasteiger partial charge in [0.15, 0.2) is 5.65 Å². The highest BCUT2D eigenvalue weighted by Gasteiger charge is 2.38. The third-order valence-electron chi connectivity index (χ3n) is 6.45. The van der Waals surface area contributed by atoms with Crippen LogP contribution in [0, 0.1) is 5.92 Å². The third kappa shape index (κ3) is 3.25. The van der Waals surface area contributed by atoms with Crippen molar-refractivity contribution in [3.8, 4) is 0 Å². The monoisotopic (exact) mass is 434 g/mol. The summed E-state index contributed by atoms with van der Waals surface area (Å²) in [6.07, 6.45) is 5.30. The van der Waals surface area contributed by atoms with Crippen molar-refractivity contribution in [2.45, 2.75) is 38.6 Å². The van der Waals surface area contributed by atoms with Gasteiger partial charge in [0, 0.05) is 51.4 Å². The van der Waals surface area contributed by atoms with Crippen LogP contribution in [0.2, 0.25) is 0 Å². The van der Waals surface area contributed by atoms with Gasteiger partial charge in [-0.2, -0.15) is 17.0 Å². The predicted octanol–water partition coefficient (Wildman–Crippen LogP) is -0.0401.